The van der Waals surface area contributed by atoms with Gasteiger partial charge in [-0.2, -0.15) is 5.10 Å². The third-order valence-corrected chi connectivity index (χ3v) is 5.09. The van der Waals surface area contributed by atoms with Crippen molar-refractivity contribution in [1.29, 1.82) is 0 Å². The molecule has 3 rings (SSSR count). The van der Waals surface area contributed by atoms with E-state index in [1.54, 1.807) is 16.5 Å². The number of carbonyl (C=O) groups excluding carboxylic acids is 1. The topological polar surface area (TPSA) is 63.9 Å². The summed E-state index contributed by atoms with van der Waals surface area (Å²) in [6.45, 7) is 10.2. The summed E-state index contributed by atoms with van der Waals surface area (Å²) in [7, 11) is 0. The summed E-state index contributed by atoms with van der Waals surface area (Å²) >= 11 is 0. The molecule has 6 nitrogen and oxygen atoms in total. The summed E-state index contributed by atoms with van der Waals surface area (Å²) in [6.07, 6.45) is 1.06. The maximum Gasteiger partial charge on any atom is 0.251 e. The van der Waals surface area contributed by atoms with Gasteiger partial charge in [-0.15, -0.1) is 0 Å². The van der Waals surface area contributed by atoms with Crippen LogP contribution in [-0.2, 0) is 11.2 Å². The normalized spacial score (nSPS) is 16.8. The van der Waals surface area contributed by atoms with Crippen LogP contribution in [0.4, 0.5) is 4.39 Å². The van der Waals surface area contributed by atoms with E-state index in [0.717, 1.165) is 28.3 Å². The molecule has 7 heteroatoms. The minimum absolute atomic E-state index is 0.0209. The first-order chi connectivity index (χ1) is 12.2. The molecule has 0 radical (unpaired) electrons. The van der Waals surface area contributed by atoms with Gasteiger partial charge in [0.1, 0.15) is 5.67 Å². The van der Waals surface area contributed by atoms with E-state index in [1.165, 1.54) is 0 Å². The number of aromatic nitrogens is 4. The minimum Gasteiger partial charge on any atom is -0.342 e. The van der Waals surface area contributed by atoms with Crippen LogP contribution < -0.4 is 0 Å². The second kappa shape index (κ2) is 6.78. The van der Waals surface area contributed by atoms with Gasteiger partial charge in [0.2, 0.25) is 5.91 Å². The van der Waals surface area contributed by atoms with Crippen molar-refractivity contribution < 1.29 is 9.18 Å². The Hall–Kier alpha value is -2.31. The number of aryl methyl sites for hydroxylation is 3. The second-order valence-electron chi connectivity index (χ2n) is 7.48. The molecule has 2 aromatic heterocycles. The van der Waals surface area contributed by atoms with Gasteiger partial charge in [0.25, 0.3) is 5.95 Å². The summed E-state index contributed by atoms with van der Waals surface area (Å²) in [5, 5.41) is 4.54. The highest BCUT2D eigenvalue weighted by Crippen LogP contribution is 2.26. The van der Waals surface area contributed by atoms with E-state index in [2.05, 4.69) is 15.1 Å². The quantitative estimate of drug-likeness (QED) is 0.845. The molecule has 0 saturated carbocycles. The lowest BCUT2D eigenvalue weighted by molar-refractivity contribution is -0.132. The zero-order valence-corrected chi connectivity index (χ0v) is 16.1. The van der Waals surface area contributed by atoms with Gasteiger partial charge in [-0.05, 0) is 53.5 Å². The van der Waals surface area contributed by atoms with Crippen LogP contribution in [0.3, 0.4) is 0 Å². The van der Waals surface area contributed by atoms with Gasteiger partial charge in [-0.3, -0.25) is 4.79 Å². The lowest BCUT2D eigenvalue weighted by Crippen LogP contribution is -2.43. The highest BCUT2D eigenvalue weighted by molar-refractivity contribution is 5.79. The monoisotopic (exact) mass is 359 g/mol. The van der Waals surface area contributed by atoms with Gasteiger partial charge in [0.05, 0.1) is 12.1 Å². The predicted octanol–water partition coefficient (Wildman–Crippen LogP) is 2.79. The number of amides is 1. The molecule has 0 spiro atoms. The van der Waals surface area contributed by atoms with E-state index >= 15 is 0 Å². The van der Waals surface area contributed by atoms with Crippen molar-refractivity contribution in [3.63, 3.8) is 0 Å². The Kier molecular flexibility index (Phi) is 4.82. The first kappa shape index (κ1) is 18.5. The molecule has 2 aromatic rings. The average Bonchev–Trinajstić information content (AvgIpc) is 2.82. The molecule has 1 saturated heterocycles. The molecule has 1 aliphatic heterocycles. The Morgan fingerprint density at radius 2 is 1.73 bits per heavy atom. The molecular weight excluding hydrogens is 333 g/mol. The maximum atomic E-state index is 14.0. The van der Waals surface area contributed by atoms with Crippen LogP contribution in [0.5, 0.6) is 0 Å². The Morgan fingerprint density at radius 1 is 1.15 bits per heavy atom. The summed E-state index contributed by atoms with van der Waals surface area (Å²) in [6, 6.07) is 1.91. The lowest BCUT2D eigenvalue weighted by Gasteiger charge is -2.34. The van der Waals surface area contributed by atoms with E-state index in [1.807, 2.05) is 33.8 Å². The standard InChI is InChI=1S/C19H26FN5O/c1-12-10-13(2)22-18(21-12)25-15(4)16(14(3)23-25)11-17(26)24-8-6-19(5,20)7-9-24/h10H,6-9,11H2,1-5H3. The molecule has 3 heterocycles. The average molecular weight is 359 g/mol. The smallest absolute Gasteiger partial charge is 0.251 e. The van der Waals surface area contributed by atoms with Crippen molar-refractivity contribution in [2.45, 2.75) is 59.5 Å². The van der Waals surface area contributed by atoms with E-state index in [4.69, 9.17) is 0 Å². The summed E-state index contributed by atoms with van der Waals surface area (Å²) in [5.41, 5.74) is 3.15. The van der Waals surface area contributed by atoms with Gasteiger partial charge in [-0.25, -0.2) is 19.0 Å². The van der Waals surface area contributed by atoms with Crippen LogP contribution >= 0.6 is 0 Å². The number of hydrogen-bond acceptors (Lipinski definition) is 4. The molecule has 140 valence electrons. The molecule has 0 bridgehead atoms. The van der Waals surface area contributed by atoms with E-state index in [-0.39, 0.29) is 12.3 Å². The predicted molar refractivity (Wildman–Crippen MR) is 97.1 cm³/mol. The molecule has 0 aliphatic carbocycles. The van der Waals surface area contributed by atoms with Crippen molar-refractivity contribution in [3.05, 3.63) is 34.4 Å². The number of alkyl halides is 1. The molecule has 0 N–H and O–H groups in total. The van der Waals surface area contributed by atoms with Crippen LogP contribution in [0.1, 0.15) is 48.1 Å². The molecule has 0 aromatic carbocycles. The van der Waals surface area contributed by atoms with Crippen LogP contribution in [0.2, 0.25) is 0 Å². The first-order valence-corrected chi connectivity index (χ1v) is 9.01. The summed E-state index contributed by atoms with van der Waals surface area (Å²) in [5.74, 6) is 0.542. The van der Waals surface area contributed by atoms with Crippen molar-refractivity contribution in [2.24, 2.45) is 0 Å². The fourth-order valence-corrected chi connectivity index (χ4v) is 3.41. The molecular formula is C19H26FN5O. The van der Waals surface area contributed by atoms with Crippen molar-refractivity contribution >= 4 is 5.91 Å². The fourth-order valence-electron chi connectivity index (χ4n) is 3.41. The van der Waals surface area contributed by atoms with Crippen LogP contribution in [0, 0.1) is 27.7 Å². The minimum atomic E-state index is -1.16. The number of likely N-dealkylation sites (tertiary alicyclic amines) is 1. The Labute approximate surface area is 153 Å². The SMILES string of the molecule is Cc1cc(C)nc(-n2nc(C)c(CC(=O)N3CCC(C)(F)CC3)c2C)n1. The molecule has 0 unspecified atom stereocenters. The molecule has 26 heavy (non-hydrogen) atoms. The molecule has 1 aliphatic rings. The number of rotatable bonds is 3. The Morgan fingerprint density at radius 3 is 2.31 bits per heavy atom. The van der Waals surface area contributed by atoms with E-state index in [9.17, 15) is 9.18 Å². The zero-order chi connectivity index (χ0) is 19.1. The number of nitrogens with zero attached hydrogens (tertiary/aromatic N) is 5. The number of piperidine rings is 1. The number of halogens is 1. The van der Waals surface area contributed by atoms with Gasteiger partial charge >= 0.3 is 0 Å². The number of carbonyl (C=O) groups is 1. The largest absolute Gasteiger partial charge is 0.342 e. The Balaban J connectivity index is 1.81. The van der Waals surface area contributed by atoms with Crippen molar-refractivity contribution in [3.8, 4) is 5.95 Å². The van der Waals surface area contributed by atoms with Crippen molar-refractivity contribution in [2.75, 3.05) is 13.1 Å². The third-order valence-electron chi connectivity index (χ3n) is 5.09. The molecule has 1 amide bonds. The second-order valence-corrected chi connectivity index (χ2v) is 7.48. The van der Waals surface area contributed by atoms with Crippen LogP contribution in [0.15, 0.2) is 6.07 Å². The lowest BCUT2D eigenvalue weighted by atomic mass is 9.95. The highest BCUT2D eigenvalue weighted by Gasteiger charge is 2.32. The third kappa shape index (κ3) is 3.76. The molecule has 1 fully saturated rings. The highest BCUT2D eigenvalue weighted by atomic mass is 19.1. The van der Waals surface area contributed by atoms with Gasteiger partial charge in [-0.1, -0.05) is 0 Å². The summed E-state index contributed by atoms with van der Waals surface area (Å²) < 4.78 is 15.7. The first-order valence-electron chi connectivity index (χ1n) is 9.01. The molecule has 0 atom stereocenters. The van der Waals surface area contributed by atoms with E-state index < -0.39 is 5.67 Å². The van der Waals surface area contributed by atoms with Gasteiger partial charge < -0.3 is 4.90 Å². The van der Waals surface area contributed by atoms with Crippen LogP contribution in [0.25, 0.3) is 5.95 Å². The van der Waals surface area contributed by atoms with Crippen LogP contribution in [-0.4, -0.2) is 49.3 Å². The maximum absolute atomic E-state index is 14.0. The zero-order valence-electron chi connectivity index (χ0n) is 16.1. The van der Waals surface area contributed by atoms with Crippen molar-refractivity contribution in [1.82, 2.24) is 24.6 Å². The number of hydrogen-bond donors (Lipinski definition) is 0. The summed E-state index contributed by atoms with van der Waals surface area (Å²) in [4.78, 5) is 23.3. The van der Waals surface area contributed by atoms with Gasteiger partial charge in [0, 0.05) is 35.7 Å². The van der Waals surface area contributed by atoms with Gasteiger partial charge in [0.15, 0.2) is 0 Å². The fraction of sp³-hybridized carbons (Fsp3) is 0.579. The Bertz CT molecular complexity index is 812. The van der Waals surface area contributed by atoms with E-state index in [0.29, 0.717) is 31.9 Å².